The number of carbonyl (C=O) groups excluding carboxylic acids is 1. The van der Waals surface area contributed by atoms with E-state index in [0.29, 0.717) is 11.5 Å². The minimum absolute atomic E-state index is 0.0274. The standard InChI is InChI=1S/C17H23FN2O/c1-11-8-16(14-4-2-3-5-15(14)18)20(10-11)17(21)12-6-7-13(19)9-12/h2-5,11-13,16H,6-10,19H2,1H3. The van der Waals surface area contributed by atoms with Crippen LogP contribution in [0.4, 0.5) is 4.39 Å². The van der Waals surface area contributed by atoms with E-state index in [4.69, 9.17) is 5.73 Å². The molecule has 1 amide bonds. The van der Waals surface area contributed by atoms with Crippen molar-refractivity contribution in [1.82, 2.24) is 4.90 Å². The molecule has 0 aromatic heterocycles. The van der Waals surface area contributed by atoms with Gasteiger partial charge in [-0.15, -0.1) is 0 Å². The predicted molar refractivity (Wildman–Crippen MR) is 80.0 cm³/mol. The first-order valence-corrected chi connectivity index (χ1v) is 7.86. The maximum absolute atomic E-state index is 14.1. The van der Waals surface area contributed by atoms with Crippen LogP contribution in [0.25, 0.3) is 0 Å². The largest absolute Gasteiger partial charge is 0.335 e. The monoisotopic (exact) mass is 290 g/mol. The Morgan fingerprint density at radius 2 is 2.05 bits per heavy atom. The van der Waals surface area contributed by atoms with Crippen LogP contribution in [0.3, 0.4) is 0 Å². The van der Waals surface area contributed by atoms with Crippen molar-refractivity contribution in [2.45, 2.75) is 44.7 Å². The van der Waals surface area contributed by atoms with E-state index in [1.54, 1.807) is 12.1 Å². The molecule has 1 aliphatic heterocycles. The number of benzene rings is 1. The number of hydrogen-bond acceptors (Lipinski definition) is 2. The Morgan fingerprint density at radius 1 is 1.29 bits per heavy atom. The highest BCUT2D eigenvalue weighted by molar-refractivity contribution is 5.80. The summed E-state index contributed by atoms with van der Waals surface area (Å²) in [6.45, 7) is 2.85. The van der Waals surface area contributed by atoms with Gasteiger partial charge in [-0.25, -0.2) is 4.39 Å². The average Bonchev–Trinajstić information content (AvgIpc) is 3.05. The van der Waals surface area contributed by atoms with E-state index in [9.17, 15) is 9.18 Å². The van der Waals surface area contributed by atoms with Crippen LogP contribution < -0.4 is 5.73 Å². The molecule has 0 bridgehead atoms. The van der Waals surface area contributed by atoms with E-state index in [-0.39, 0.29) is 29.7 Å². The molecule has 1 saturated carbocycles. The second kappa shape index (κ2) is 5.76. The lowest BCUT2D eigenvalue weighted by molar-refractivity contribution is -0.136. The Balaban J connectivity index is 1.83. The fourth-order valence-electron chi connectivity index (χ4n) is 3.80. The first-order chi connectivity index (χ1) is 10.1. The van der Waals surface area contributed by atoms with Gasteiger partial charge in [0.1, 0.15) is 5.82 Å². The topological polar surface area (TPSA) is 46.3 Å². The fourth-order valence-corrected chi connectivity index (χ4v) is 3.80. The molecule has 2 fully saturated rings. The Labute approximate surface area is 125 Å². The van der Waals surface area contributed by atoms with Crippen LogP contribution in [-0.4, -0.2) is 23.4 Å². The van der Waals surface area contributed by atoms with Crippen molar-refractivity contribution in [3.8, 4) is 0 Å². The fraction of sp³-hybridized carbons (Fsp3) is 0.588. The van der Waals surface area contributed by atoms with Gasteiger partial charge in [-0.3, -0.25) is 4.79 Å². The molecule has 3 nitrogen and oxygen atoms in total. The predicted octanol–water partition coefficient (Wildman–Crippen LogP) is 2.86. The first kappa shape index (κ1) is 14.5. The number of rotatable bonds is 2. The zero-order valence-corrected chi connectivity index (χ0v) is 12.5. The van der Waals surface area contributed by atoms with Crippen molar-refractivity contribution >= 4 is 5.91 Å². The second-order valence-corrected chi connectivity index (χ2v) is 6.64. The first-order valence-electron chi connectivity index (χ1n) is 7.86. The van der Waals surface area contributed by atoms with E-state index in [0.717, 1.165) is 32.2 Å². The van der Waals surface area contributed by atoms with Gasteiger partial charge in [0.2, 0.25) is 5.91 Å². The van der Waals surface area contributed by atoms with Crippen molar-refractivity contribution in [3.05, 3.63) is 35.6 Å². The van der Waals surface area contributed by atoms with Gasteiger partial charge in [0, 0.05) is 24.1 Å². The average molecular weight is 290 g/mol. The highest BCUT2D eigenvalue weighted by atomic mass is 19.1. The molecule has 1 aromatic rings. The molecule has 21 heavy (non-hydrogen) atoms. The third-order valence-electron chi connectivity index (χ3n) is 4.88. The highest BCUT2D eigenvalue weighted by Crippen LogP contribution is 2.39. The summed E-state index contributed by atoms with van der Waals surface area (Å²) >= 11 is 0. The van der Waals surface area contributed by atoms with Crippen LogP contribution >= 0.6 is 0 Å². The van der Waals surface area contributed by atoms with Crippen molar-refractivity contribution in [2.24, 2.45) is 17.6 Å². The molecule has 0 radical (unpaired) electrons. The molecule has 4 unspecified atom stereocenters. The summed E-state index contributed by atoms with van der Waals surface area (Å²) in [6, 6.07) is 6.84. The van der Waals surface area contributed by atoms with E-state index < -0.39 is 0 Å². The summed E-state index contributed by atoms with van der Waals surface area (Å²) in [5.41, 5.74) is 6.58. The quantitative estimate of drug-likeness (QED) is 0.910. The van der Waals surface area contributed by atoms with E-state index in [2.05, 4.69) is 6.92 Å². The molecule has 114 valence electrons. The van der Waals surface area contributed by atoms with Crippen LogP contribution in [0.2, 0.25) is 0 Å². The van der Waals surface area contributed by atoms with Crippen molar-refractivity contribution < 1.29 is 9.18 Å². The number of halogens is 1. The Bertz CT molecular complexity index is 533. The van der Waals surface area contributed by atoms with Gasteiger partial charge >= 0.3 is 0 Å². The van der Waals surface area contributed by atoms with Crippen LogP contribution in [0.5, 0.6) is 0 Å². The maximum Gasteiger partial charge on any atom is 0.226 e. The Morgan fingerprint density at radius 3 is 2.71 bits per heavy atom. The molecular weight excluding hydrogens is 267 g/mol. The van der Waals surface area contributed by atoms with Gasteiger partial charge in [-0.05, 0) is 37.7 Å². The van der Waals surface area contributed by atoms with Gasteiger partial charge < -0.3 is 10.6 Å². The number of nitrogens with zero attached hydrogens (tertiary/aromatic N) is 1. The SMILES string of the molecule is CC1CC(c2ccccc2F)N(C(=O)C2CCC(N)C2)C1. The van der Waals surface area contributed by atoms with Crippen molar-refractivity contribution in [2.75, 3.05) is 6.54 Å². The van der Waals surface area contributed by atoms with Gasteiger partial charge in [0.05, 0.1) is 6.04 Å². The molecule has 1 aromatic carbocycles. The van der Waals surface area contributed by atoms with Gasteiger partial charge in [0.25, 0.3) is 0 Å². The molecule has 2 N–H and O–H groups in total. The lowest BCUT2D eigenvalue weighted by atomic mass is 9.99. The summed E-state index contributed by atoms with van der Waals surface area (Å²) in [7, 11) is 0. The summed E-state index contributed by atoms with van der Waals surface area (Å²) in [5.74, 6) is 0.395. The molecule has 2 aliphatic rings. The zero-order valence-electron chi connectivity index (χ0n) is 12.5. The number of hydrogen-bond donors (Lipinski definition) is 1. The molecule has 0 spiro atoms. The van der Waals surface area contributed by atoms with Crippen molar-refractivity contribution in [3.63, 3.8) is 0 Å². The lowest BCUT2D eigenvalue weighted by Crippen LogP contribution is -2.36. The zero-order chi connectivity index (χ0) is 15.0. The van der Waals surface area contributed by atoms with Crippen LogP contribution in [0, 0.1) is 17.7 Å². The third kappa shape index (κ3) is 2.82. The summed E-state index contributed by atoms with van der Waals surface area (Å²) in [5, 5.41) is 0. The Kier molecular flexibility index (Phi) is 3.98. The molecule has 4 heteroatoms. The molecule has 3 rings (SSSR count). The minimum Gasteiger partial charge on any atom is -0.335 e. The van der Waals surface area contributed by atoms with Crippen LogP contribution in [0.15, 0.2) is 24.3 Å². The maximum atomic E-state index is 14.1. The third-order valence-corrected chi connectivity index (χ3v) is 4.88. The van der Waals surface area contributed by atoms with Crippen LogP contribution in [0.1, 0.15) is 44.2 Å². The second-order valence-electron chi connectivity index (χ2n) is 6.64. The minimum atomic E-state index is -0.211. The number of carbonyl (C=O) groups is 1. The number of nitrogens with two attached hydrogens (primary N) is 1. The van der Waals surface area contributed by atoms with Crippen molar-refractivity contribution in [1.29, 1.82) is 0 Å². The number of likely N-dealkylation sites (tertiary alicyclic amines) is 1. The van der Waals surface area contributed by atoms with E-state index in [1.165, 1.54) is 6.07 Å². The molecular formula is C17H23FN2O. The van der Waals surface area contributed by atoms with Gasteiger partial charge in [-0.1, -0.05) is 25.1 Å². The smallest absolute Gasteiger partial charge is 0.226 e. The Hall–Kier alpha value is -1.42. The van der Waals surface area contributed by atoms with Gasteiger partial charge in [-0.2, -0.15) is 0 Å². The molecule has 4 atom stereocenters. The summed E-state index contributed by atoms with van der Waals surface area (Å²) in [4.78, 5) is 14.7. The summed E-state index contributed by atoms with van der Waals surface area (Å²) < 4.78 is 14.1. The van der Waals surface area contributed by atoms with E-state index in [1.807, 2.05) is 11.0 Å². The molecule has 1 aliphatic carbocycles. The molecule has 1 saturated heterocycles. The van der Waals surface area contributed by atoms with Crippen LogP contribution in [-0.2, 0) is 4.79 Å². The molecule has 1 heterocycles. The number of amides is 1. The highest BCUT2D eigenvalue weighted by Gasteiger charge is 2.39. The van der Waals surface area contributed by atoms with E-state index >= 15 is 0 Å². The lowest BCUT2D eigenvalue weighted by Gasteiger charge is -2.28. The normalized spacial score (nSPS) is 32.6. The summed E-state index contributed by atoms with van der Waals surface area (Å²) in [6.07, 6.45) is 3.40. The van der Waals surface area contributed by atoms with Gasteiger partial charge in [0.15, 0.2) is 0 Å².